The first-order chi connectivity index (χ1) is 20.8. The summed E-state index contributed by atoms with van der Waals surface area (Å²) in [5, 5.41) is 5.44. The number of nitrogens with zero attached hydrogens (tertiary/aromatic N) is 6. The van der Waals surface area contributed by atoms with Gasteiger partial charge in [-0.25, -0.2) is 19.1 Å². The van der Waals surface area contributed by atoms with Crippen LogP contribution < -0.4 is 4.90 Å². The molecule has 0 amide bonds. The van der Waals surface area contributed by atoms with E-state index in [9.17, 15) is 9.59 Å². The maximum absolute atomic E-state index is 13.9. The smallest absolute Gasteiger partial charge is 0.435 e. The van der Waals surface area contributed by atoms with Crippen LogP contribution in [0.15, 0.2) is 40.9 Å². The average molecular weight is 668 g/mol. The van der Waals surface area contributed by atoms with Gasteiger partial charge in [0.15, 0.2) is 5.82 Å². The number of fused-ring (bicyclic) bond motifs is 2. The number of benzene rings is 2. The number of unbranched alkanes of at least 4 members (excludes halogenated alkanes) is 2. The van der Waals surface area contributed by atoms with Crippen LogP contribution in [0.4, 0.5) is 15.3 Å². The Bertz CT molecular complexity index is 1680. The number of rotatable bonds is 7. The number of carbonyl (C=O) groups is 2. The number of carbonyl (C=O) groups excluding carboxylic acids is 2. The molecule has 0 unspecified atom stereocenters. The third kappa shape index (κ3) is 6.78. The van der Waals surface area contributed by atoms with E-state index in [2.05, 4.69) is 39.7 Å². The summed E-state index contributed by atoms with van der Waals surface area (Å²) in [4.78, 5) is 37.2. The Hall–Kier alpha value is -3.44. The predicted octanol–water partition coefficient (Wildman–Crippen LogP) is 7.69. The van der Waals surface area contributed by atoms with E-state index in [1.807, 2.05) is 71.0 Å². The van der Waals surface area contributed by atoms with Crippen LogP contribution in [0.1, 0.15) is 67.2 Å². The van der Waals surface area contributed by atoms with Crippen molar-refractivity contribution in [1.82, 2.24) is 24.2 Å². The Morgan fingerprint density at radius 2 is 1.66 bits per heavy atom. The summed E-state index contributed by atoms with van der Waals surface area (Å²) < 4.78 is 15.4. The van der Waals surface area contributed by atoms with E-state index in [1.54, 1.807) is 0 Å². The third-order valence-corrected chi connectivity index (χ3v) is 8.35. The molecule has 1 saturated heterocycles. The van der Waals surface area contributed by atoms with Crippen molar-refractivity contribution in [1.29, 1.82) is 0 Å². The number of hydrogen-bond acceptors (Lipinski definition) is 8. The Morgan fingerprint density at radius 3 is 2.34 bits per heavy atom. The zero-order valence-electron chi connectivity index (χ0n) is 26.8. The number of aromatic nitrogens is 4. The minimum atomic E-state index is -0.737. The van der Waals surface area contributed by atoms with Gasteiger partial charge in [0.1, 0.15) is 22.4 Å². The molecule has 1 aliphatic heterocycles. The van der Waals surface area contributed by atoms with E-state index in [0.717, 1.165) is 62.0 Å². The minimum absolute atomic E-state index is 0.303. The largest absolute Gasteiger partial charge is 0.443 e. The summed E-state index contributed by atoms with van der Waals surface area (Å²) in [5.41, 5.74) is 1.77. The molecular weight excluding hydrogens is 624 g/mol. The van der Waals surface area contributed by atoms with Crippen LogP contribution in [-0.4, -0.2) is 80.8 Å². The molecule has 236 valence electrons. The summed E-state index contributed by atoms with van der Waals surface area (Å²) in [6.07, 6.45) is 2.71. The molecule has 44 heavy (non-hydrogen) atoms. The number of piperazine rings is 1. The molecule has 1 fully saturated rings. The molecule has 3 heterocycles. The highest BCUT2D eigenvalue weighted by molar-refractivity contribution is 9.10. The highest BCUT2D eigenvalue weighted by Crippen LogP contribution is 2.36. The lowest BCUT2D eigenvalue weighted by atomic mass is 10.0. The SMILES string of the molecule is CCCCCC(C)(C)OC(=O)n1nc(-c2nc3c(N4CCN(C)CC4)cccc3n2C(=O)OC(C)(C)C)c2ccc(Br)cc21. The van der Waals surface area contributed by atoms with E-state index in [0.29, 0.717) is 33.5 Å². The fraction of sp³-hybridized carbons (Fsp3) is 0.515. The van der Waals surface area contributed by atoms with Gasteiger partial charge < -0.3 is 19.3 Å². The normalized spacial score (nSPS) is 14.9. The van der Waals surface area contributed by atoms with Gasteiger partial charge in [-0.2, -0.15) is 9.78 Å². The van der Waals surface area contributed by atoms with Crippen molar-refractivity contribution in [3.63, 3.8) is 0 Å². The predicted molar refractivity (Wildman–Crippen MR) is 178 cm³/mol. The van der Waals surface area contributed by atoms with Gasteiger partial charge in [-0.1, -0.05) is 41.8 Å². The van der Waals surface area contributed by atoms with Gasteiger partial charge in [0.25, 0.3) is 0 Å². The molecule has 4 aromatic rings. The van der Waals surface area contributed by atoms with Crippen molar-refractivity contribution >= 4 is 55.7 Å². The van der Waals surface area contributed by atoms with Gasteiger partial charge in [-0.15, -0.1) is 0 Å². The Kier molecular flexibility index (Phi) is 9.09. The fourth-order valence-electron chi connectivity index (χ4n) is 5.56. The second kappa shape index (κ2) is 12.5. The molecule has 2 aromatic carbocycles. The quantitative estimate of drug-likeness (QED) is 0.185. The highest BCUT2D eigenvalue weighted by atomic mass is 79.9. The number of ether oxygens (including phenoxy) is 2. The first-order valence-electron chi connectivity index (χ1n) is 15.4. The Labute approximate surface area is 267 Å². The lowest BCUT2D eigenvalue weighted by Crippen LogP contribution is -2.44. The number of halogens is 1. The molecule has 0 atom stereocenters. The number of imidazole rings is 1. The zero-order valence-corrected chi connectivity index (χ0v) is 28.4. The van der Waals surface area contributed by atoms with Crippen molar-refractivity contribution in [2.24, 2.45) is 0 Å². The van der Waals surface area contributed by atoms with E-state index in [-0.39, 0.29) is 0 Å². The molecule has 0 bridgehead atoms. The highest BCUT2D eigenvalue weighted by Gasteiger charge is 2.31. The minimum Gasteiger partial charge on any atom is -0.443 e. The maximum atomic E-state index is 13.9. The van der Waals surface area contributed by atoms with Crippen LogP contribution in [0.2, 0.25) is 0 Å². The van der Waals surface area contributed by atoms with Crippen molar-refractivity contribution in [3.05, 3.63) is 40.9 Å². The third-order valence-electron chi connectivity index (χ3n) is 7.86. The summed E-state index contributed by atoms with van der Waals surface area (Å²) in [6.45, 7) is 15.0. The van der Waals surface area contributed by atoms with Gasteiger partial charge in [0, 0.05) is 36.0 Å². The lowest BCUT2D eigenvalue weighted by Gasteiger charge is -2.34. The van der Waals surface area contributed by atoms with Crippen molar-refractivity contribution in [3.8, 4) is 11.5 Å². The molecule has 10 nitrogen and oxygen atoms in total. The fourth-order valence-corrected chi connectivity index (χ4v) is 5.91. The van der Waals surface area contributed by atoms with Crippen molar-refractivity contribution in [2.75, 3.05) is 38.1 Å². The van der Waals surface area contributed by atoms with Crippen LogP contribution in [0, 0.1) is 0 Å². The number of anilines is 1. The monoisotopic (exact) mass is 666 g/mol. The van der Waals surface area contributed by atoms with E-state index >= 15 is 0 Å². The summed E-state index contributed by atoms with van der Waals surface area (Å²) in [5.74, 6) is 0.303. The standard InChI is InChI=1S/C33H43BrN6O4/c1-8-9-10-16-33(5,6)44-31(42)40-26-21-22(34)14-15-23(26)27(36-40)29-35-28-24(38-19-17-37(7)18-20-38)12-11-13-25(28)39(29)30(41)43-32(2,3)4/h11-15,21H,8-10,16-20H2,1-7H3. The van der Waals surface area contributed by atoms with Crippen molar-refractivity contribution in [2.45, 2.75) is 78.4 Å². The topological polar surface area (TPSA) is 94.7 Å². The van der Waals surface area contributed by atoms with E-state index in [4.69, 9.17) is 19.6 Å². The molecule has 0 aliphatic carbocycles. The number of hydrogen-bond donors (Lipinski definition) is 0. The van der Waals surface area contributed by atoms with Crippen LogP contribution in [0.3, 0.4) is 0 Å². The van der Waals surface area contributed by atoms with Crippen molar-refractivity contribution < 1.29 is 19.1 Å². The number of likely N-dealkylation sites (N-methyl/N-ethyl adjacent to an activating group) is 1. The van der Waals surface area contributed by atoms with Gasteiger partial charge in [0.05, 0.1) is 16.7 Å². The van der Waals surface area contributed by atoms with Gasteiger partial charge >= 0.3 is 12.2 Å². The summed E-state index contributed by atoms with van der Waals surface area (Å²) in [6, 6.07) is 11.4. The average Bonchev–Trinajstić information content (AvgIpc) is 3.51. The molecule has 0 N–H and O–H groups in total. The maximum Gasteiger partial charge on any atom is 0.435 e. The summed E-state index contributed by atoms with van der Waals surface area (Å²) in [7, 11) is 2.12. The molecule has 2 aromatic heterocycles. The van der Waals surface area contributed by atoms with Gasteiger partial charge in [0.2, 0.25) is 0 Å². The van der Waals surface area contributed by atoms with Crippen LogP contribution >= 0.6 is 15.9 Å². The second-order valence-corrected chi connectivity index (χ2v) is 14.1. The Morgan fingerprint density at radius 1 is 0.932 bits per heavy atom. The van der Waals surface area contributed by atoms with Crippen LogP contribution in [-0.2, 0) is 9.47 Å². The number of para-hydroxylation sites is 1. The molecule has 0 spiro atoms. The molecular formula is C33H43BrN6O4. The lowest BCUT2D eigenvalue weighted by molar-refractivity contribution is 0.0306. The first-order valence-corrected chi connectivity index (χ1v) is 16.2. The van der Waals surface area contributed by atoms with E-state index < -0.39 is 23.4 Å². The molecule has 0 radical (unpaired) electrons. The first kappa shape index (κ1) is 32.0. The van der Waals surface area contributed by atoms with E-state index in [1.165, 1.54) is 9.25 Å². The molecule has 11 heteroatoms. The van der Waals surface area contributed by atoms with Crippen LogP contribution in [0.25, 0.3) is 33.5 Å². The molecule has 5 rings (SSSR count). The Balaban J connectivity index is 1.67. The molecule has 1 aliphatic rings. The van der Waals surface area contributed by atoms with Gasteiger partial charge in [-0.3, -0.25) is 0 Å². The zero-order chi connectivity index (χ0) is 31.8. The van der Waals surface area contributed by atoms with Crippen LogP contribution in [0.5, 0.6) is 0 Å². The summed E-state index contributed by atoms with van der Waals surface area (Å²) >= 11 is 3.54. The molecule has 0 saturated carbocycles. The second-order valence-electron chi connectivity index (χ2n) is 13.2. The van der Waals surface area contributed by atoms with Gasteiger partial charge in [-0.05, 0) is 84.8 Å².